The van der Waals surface area contributed by atoms with Gasteiger partial charge in [-0.05, 0) is 58.3 Å². The van der Waals surface area contributed by atoms with E-state index in [-0.39, 0.29) is 0 Å². The number of benzene rings is 5. The van der Waals surface area contributed by atoms with Crippen molar-refractivity contribution in [3.05, 3.63) is 150 Å². The number of hydrogen-bond acceptors (Lipinski definition) is 4. The van der Waals surface area contributed by atoms with Crippen LogP contribution in [0.15, 0.2) is 132 Å². The summed E-state index contributed by atoms with van der Waals surface area (Å²) >= 11 is 1.69. The van der Waals surface area contributed by atoms with E-state index in [2.05, 4.69) is 52.8 Å². The van der Waals surface area contributed by atoms with Crippen molar-refractivity contribution in [2.24, 2.45) is 0 Å². The minimum absolute atomic E-state index is 0.332. The summed E-state index contributed by atoms with van der Waals surface area (Å²) in [6.07, 6.45) is 2.86. The number of halogens is 2. The third kappa shape index (κ3) is 6.09. The zero-order valence-corrected chi connectivity index (χ0v) is 26.0. The summed E-state index contributed by atoms with van der Waals surface area (Å²) in [5, 5.41) is 9.14. The second-order valence-corrected chi connectivity index (χ2v) is 13.5. The van der Waals surface area contributed by atoms with E-state index in [9.17, 15) is 23.1 Å². The third-order valence-corrected chi connectivity index (χ3v) is 9.81. The predicted octanol–water partition coefficient (Wildman–Crippen LogP) is 8.28. The lowest BCUT2D eigenvalue weighted by atomic mass is 9.78. The van der Waals surface area contributed by atoms with Crippen molar-refractivity contribution in [1.29, 1.82) is 0 Å². The quantitative estimate of drug-likeness (QED) is 0.116. The van der Waals surface area contributed by atoms with Gasteiger partial charge < -0.3 is 9.79 Å². The molecule has 228 valence electrons. The molecular formula is C35H30F2N3O3PS. The molecular weight excluding hydrogens is 611 g/mol. The van der Waals surface area contributed by atoms with Gasteiger partial charge in [-0.1, -0.05) is 108 Å². The monoisotopic (exact) mass is 641 g/mol. The highest BCUT2D eigenvalue weighted by Crippen LogP contribution is 2.59. The molecule has 0 fully saturated rings. The summed E-state index contributed by atoms with van der Waals surface area (Å²) in [4.78, 5) is 19.7. The van der Waals surface area contributed by atoms with Crippen LogP contribution in [0.1, 0.15) is 22.3 Å². The zero-order valence-electron chi connectivity index (χ0n) is 24.3. The molecule has 6 nitrogen and oxygen atoms in total. The first-order valence-corrected chi connectivity index (χ1v) is 17.1. The number of para-hydroxylation sites is 1. The molecule has 0 aliphatic heterocycles. The Morgan fingerprint density at radius 1 is 0.733 bits per heavy atom. The van der Waals surface area contributed by atoms with Crippen molar-refractivity contribution >= 4 is 30.4 Å². The van der Waals surface area contributed by atoms with Gasteiger partial charge in [0.1, 0.15) is 5.52 Å². The Morgan fingerprint density at radius 3 is 2.09 bits per heavy atom. The molecule has 1 aromatic heterocycles. The number of fused-ring (bicyclic) bond motifs is 1. The molecule has 0 saturated heterocycles. The number of thioether (sulfide) groups is 1. The lowest BCUT2D eigenvalue weighted by Crippen LogP contribution is -2.40. The van der Waals surface area contributed by atoms with Crippen molar-refractivity contribution in [3.8, 4) is 11.1 Å². The number of alkyl halides is 2. The third-order valence-electron chi connectivity index (χ3n) is 8.08. The van der Waals surface area contributed by atoms with Gasteiger partial charge in [-0.2, -0.15) is 8.78 Å². The SMILES string of the molecule is CSc1ccc(-c2cccc(CC(Cc3ccc(C(F)(F)P(=O)(O)O)cc3)(c3ccccc3)n3nnc4ccccc43)c2)cc1. The molecule has 1 unspecified atom stereocenters. The van der Waals surface area contributed by atoms with Crippen LogP contribution in [0.5, 0.6) is 0 Å². The van der Waals surface area contributed by atoms with Crippen molar-refractivity contribution < 1.29 is 23.1 Å². The van der Waals surface area contributed by atoms with E-state index >= 15 is 0 Å². The van der Waals surface area contributed by atoms with Crippen LogP contribution in [0.25, 0.3) is 22.2 Å². The molecule has 0 amide bonds. The molecule has 0 saturated carbocycles. The Morgan fingerprint density at radius 2 is 1.40 bits per heavy atom. The Kier molecular flexibility index (Phi) is 8.46. The van der Waals surface area contributed by atoms with Gasteiger partial charge in [0, 0.05) is 23.3 Å². The minimum Gasteiger partial charge on any atom is -0.320 e. The summed E-state index contributed by atoms with van der Waals surface area (Å²) in [5.74, 6) is 0. The molecule has 10 heteroatoms. The summed E-state index contributed by atoms with van der Waals surface area (Å²) in [6, 6.07) is 39.5. The fourth-order valence-corrected chi connectivity index (χ4v) is 6.68. The lowest BCUT2D eigenvalue weighted by molar-refractivity contribution is 0.0564. The first-order chi connectivity index (χ1) is 21.6. The van der Waals surface area contributed by atoms with Gasteiger partial charge in [0.05, 0.1) is 11.1 Å². The van der Waals surface area contributed by atoms with E-state index in [1.165, 1.54) is 17.0 Å². The highest BCUT2D eigenvalue weighted by atomic mass is 32.2. The molecule has 0 radical (unpaired) electrons. The predicted molar refractivity (Wildman–Crippen MR) is 174 cm³/mol. The molecule has 0 aliphatic carbocycles. The number of aromatic nitrogens is 3. The van der Waals surface area contributed by atoms with E-state index in [0.29, 0.717) is 18.4 Å². The minimum atomic E-state index is -5.70. The smallest absolute Gasteiger partial charge is 0.320 e. The van der Waals surface area contributed by atoms with Crippen LogP contribution in [0.2, 0.25) is 0 Å². The normalized spacial score (nSPS) is 13.5. The van der Waals surface area contributed by atoms with E-state index < -0.39 is 24.4 Å². The Bertz CT molecular complexity index is 1980. The summed E-state index contributed by atoms with van der Waals surface area (Å²) < 4.78 is 42.5. The molecule has 0 bridgehead atoms. The van der Waals surface area contributed by atoms with E-state index in [1.807, 2.05) is 71.6 Å². The molecule has 6 rings (SSSR count). The number of hydrogen-bond donors (Lipinski definition) is 2. The summed E-state index contributed by atoms with van der Waals surface area (Å²) in [7, 11) is -5.70. The van der Waals surface area contributed by atoms with Crippen LogP contribution in [0.3, 0.4) is 0 Å². The zero-order chi connectivity index (χ0) is 31.7. The second-order valence-electron chi connectivity index (χ2n) is 11.0. The van der Waals surface area contributed by atoms with E-state index in [0.717, 1.165) is 45.4 Å². The van der Waals surface area contributed by atoms with Gasteiger partial charge in [-0.15, -0.1) is 16.9 Å². The van der Waals surface area contributed by atoms with Gasteiger partial charge >= 0.3 is 13.3 Å². The average Bonchev–Trinajstić information content (AvgIpc) is 3.50. The van der Waals surface area contributed by atoms with Crippen molar-refractivity contribution in [3.63, 3.8) is 0 Å². The van der Waals surface area contributed by atoms with Crippen molar-refractivity contribution in [1.82, 2.24) is 15.0 Å². The molecule has 1 atom stereocenters. The van der Waals surface area contributed by atoms with Crippen LogP contribution in [-0.2, 0) is 28.6 Å². The lowest BCUT2D eigenvalue weighted by Gasteiger charge is -2.36. The van der Waals surface area contributed by atoms with Crippen LogP contribution >= 0.6 is 19.4 Å². The van der Waals surface area contributed by atoms with Crippen molar-refractivity contribution in [2.45, 2.75) is 28.9 Å². The fraction of sp³-hybridized carbons (Fsp3) is 0.143. The van der Waals surface area contributed by atoms with Crippen molar-refractivity contribution in [2.75, 3.05) is 6.26 Å². The summed E-state index contributed by atoms with van der Waals surface area (Å²) in [5.41, 5.74) is 0.470. The highest BCUT2D eigenvalue weighted by Gasteiger charge is 2.50. The Labute approximate surface area is 263 Å². The van der Waals surface area contributed by atoms with Gasteiger partial charge in [0.25, 0.3) is 0 Å². The highest BCUT2D eigenvalue weighted by molar-refractivity contribution is 7.98. The molecule has 6 aromatic rings. The Hall–Kier alpha value is -4.14. The van der Waals surface area contributed by atoms with Crippen LogP contribution in [-0.4, -0.2) is 31.0 Å². The average molecular weight is 642 g/mol. The van der Waals surface area contributed by atoms with Crippen LogP contribution in [0.4, 0.5) is 8.78 Å². The van der Waals surface area contributed by atoms with E-state index in [1.54, 1.807) is 11.8 Å². The molecule has 1 heterocycles. The van der Waals surface area contributed by atoms with Crippen LogP contribution < -0.4 is 0 Å². The number of nitrogens with zero attached hydrogens (tertiary/aromatic N) is 3. The van der Waals surface area contributed by atoms with Gasteiger partial charge in [0.15, 0.2) is 0 Å². The molecule has 45 heavy (non-hydrogen) atoms. The molecule has 0 spiro atoms. The van der Waals surface area contributed by atoms with Gasteiger partial charge in [0.2, 0.25) is 0 Å². The maximum absolute atomic E-state index is 14.5. The maximum atomic E-state index is 14.5. The second kappa shape index (κ2) is 12.3. The fourth-order valence-electron chi connectivity index (χ4n) is 5.78. The maximum Gasteiger partial charge on any atom is 0.399 e. The number of rotatable bonds is 10. The van der Waals surface area contributed by atoms with Crippen LogP contribution in [0, 0.1) is 0 Å². The molecule has 5 aromatic carbocycles. The standard InChI is InChI=1S/C35H30F2N3O3PS/c1-45-31-20-16-27(17-21-31)28-9-7-8-26(22-28)24-34(29-10-3-2-4-11-29,40-33-13-6-5-12-32(33)38-39-40)23-25-14-18-30(19-15-25)35(36,37)44(41,42)43/h2-22H,23-24H2,1H3,(H2,41,42,43). The Balaban J connectivity index is 1.50. The van der Waals surface area contributed by atoms with Gasteiger partial charge in [-0.25, -0.2) is 4.68 Å². The topological polar surface area (TPSA) is 88.2 Å². The first kappa shape index (κ1) is 30.9. The first-order valence-electron chi connectivity index (χ1n) is 14.2. The largest absolute Gasteiger partial charge is 0.399 e. The molecule has 0 aliphatic rings. The molecule has 2 N–H and O–H groups in total. The van der Waals surface area contributed by atoms with E-state index in [4.69, 9.17) is 0 Å². The van der Waals surface area contributed by atoms with Gasteiger partial charge in [-0.3, -0.25) is 4.57 Å². The summed E-state index contributed by atoms with van der Waals surface area (Å²) in [6.45, 7) is 0.